The molecule has 0 bridgehead atoms. The Hall–Kier alpha value is -2.60. The maximum absolute atomic E-state index is 11.4. The highest BCUT2D eigenvalue weighted by atomic mass is 32.2. The van der Waals surface area contributed by atoms with Crippen molar-refractivity contribution >= 4 is 23.4 Å². The van der Waals surface area contributed by atoms with Crippen LogP contribution in [0, 0.1) is 0 Å². The quantitative estimate of drug-likeness (QED) is 0.441. The lowest BCUT2D eigenvalue weighted by molar-refractivity contribution is -0.114. The van der Waals surface area contributed by atoms with Crippen molar-refractivity contribution in [2.75, 3.05) is 11.1 Å². The van der Waals surface area contributed by atoms with Crippen molar-refractivity contribution in [3.05, 3.63) is 66.0 Å². The van der Waals surface area contributed by atoms with Crippen molar-refractivity contribution in [2.24, 2.45) is 0 Å². The predicted molar refractivity (Wildman–Crippen MR) is 113 cm³/mol. The van der Waals surface area contributed by atoms with Gasteiger partial charge in [0.1, 0.15) is 5.82 Å². The molecule has 1 aliphatic rings. The third-order valence-corrected chi connectivity index (χ3v) is 5.72. The number of benzene rings is 2. The number of hydrogen-bond acceptors (Lipinski definition) is 4. The van der Waals surface area contributed by atoms with Crippen LogP contribution >= 0.6 is 11.8 Å². The molecule has 0 spiro atoms. The number of carbonyl (C=O) groups is 1. The molecule has 0 aliphatic heterocycles. The fourth-order valence-electron chi connectivity index (χ4n) is 3.23. The number of nitrogens with zero attached hydrogens (tertiary/aromatic N) is 3. The molecule has 28 heavy (non-hydrogen) atoms. The summed E-state index contributed by atoms with van der Waals surface area (Å²) in [6.07, 6.45) is 4.49. The Kier molecular flexibility index (Phi) is 5.76. The lowest BCUT2D eigenvalue weighted by Crippen LogP contribution is -2.07. The highest BCUT2D eigenvalue weighted by Gasteiger charge is 2.31. The molecule has 1 amide bonds. The van der Waals surface area contributed by atoms with Crippen LogP contribution in [0.25, 0.3) is 5.69 Å². The van der Waals surface area contributed by atoms with Crippen molar-refractivity contribution in [1.29, 1.82) is 0 Å². The fourth-order valence-corrected chi connectivity index (χ4v) is 4.13. The van der Waals surface area contributed by atoms with E-state index in [2.05, 4.69) is 56.5 Å². The topological polar surface area (TPSA) is 59.8 Å². The van der Waals surface area contributed by atoms with Gasteiger partial charge in [-0.1, -0.05) is 48.2 Å². The summed E-state index contributed by atoms with van der Waals surface area (Å²) in [5.74, 6) is 2.45. The maximum Gasteiger partial charge on any atom is 0.221 e. The van der Waals surface area contributed by atoms with E-state index in [1.165, 1.54) is 25.3 Å². The van der Waals surface area contributed by atoms with E-state index in [4.69, 9.17) is 0 Å². The van der Waals surface area contributed by atoms with E-state index in [9.17, 15) is 4.79 Å². The minimum atomic E-state index is -0.0705. The second kappa shape index (κ2) is 8.61. The molecule has 1 N–H and O–H groups in total. The zero-order chi connectivity index (χ0) is 19.3. The first kappa shape index (κ1) is 18.7. The molecule has 1 saturated carbocycles. The number of carbonyl (C=O) groups excluding carboxylic acids is 1. The van der Waals surface area contributed by atoms with Gasteiger partial charge in [-0.25, -0.2) is 0 Å². The average Bonchev–Trinajstić information content (AvgIpc) is 3.45. The van der Waals surface area contributed by atoms with Gasteiger partial charge in [0, 0.05) is 24.3 Å². The highest BCUT2D eigenvalue weighted by molar-refractivity contribution is 7.99. The van der Waals surface area contributed by atoms with Gasteiger partial charge < -0.3 is 5.32 Å². The molecule has 0 saturated heterocycles. The predicted octanol–water partition coefficient (Wildman–Crippen LogP) is 4.83. The molecule has 144 valence electrons. The Morgan fingerprint density at radius 2 is 1.96 bits per heavy atom. The van der Waals surface area contributed by atoms with Crippen LogP contribution in [0.15, 0.2) is 59.8 Å². The van der Waals surface area contributed by atoms with Gasteiger partial charge in [-0.05, 0) is 49.4 Å². The first-order valence-corrected chi connectivity index (χ1v) is 10.7. The lowest BCUT2D eigenvalue weighted by atomic mass is 10.1. The summed E-state index contributed by atoms with van der Waals surface area (Å²) in [5.41, 5.74) is 3.16. The molecule has 6 heteroatoms. The molecular weight excluding hydrogens is 368 g/mol. The van der Waals surface area contributed by atoms with Crippen molar-refractivity contribution < 1.29 is 4.79 Å². The van der Waals surface area contributed by atoms with Crippen molar-refractivity contribution in [3.8, 4) is 5.69 Å². The number of aryl methyl sites for hydroxylation is 1. The Labute approximate surface area is 169 Å². The van der Waals surface area contributed by atoms with E-state index in [-0.39, 0.29) is 5.91 Å². The van der Waals surface area contributed by atoms with Crippen LogP contribution in [0.2, 0.25) is 0 Å². The molecule has 0 atom stereocenters. The van der Waals surface area contributed by atoms with E-state index in [0.717, 1.165) is 41.0 Å². The van der Waals surface area contributed by atoms with Crippen LogP contribution < -0.4 is 5.32 Å². The molecule has 2 aromatic carbocycles. The number of anilines is 1. The Morgan fingerprint density at radius 3 is 2.71 bits per heavy atom. The third kappa shape index (κ3) is 4.62. The first-order chi connectivity index (χ1) is 13.7. The minimum absolute atomic E-state index is 0.0705. The molecule has 3 aromatic rings. The largest absolute Gasteiger partial charge is 0.326 e. The van der Waals surface area contributed by atoms with Gasteiger partial charge in [0.05, 0.1) is 5.69 Å². The number of thioether (sulfide) groups is 1. The van der Waals surface area contributed by atoms with Gasteiger partial charge in [0.2, 0.25) is 5.91 Å². The average molecular weight is 393 g/mol. The maximum atomic E-state index is 11.4. The number of nitrogens with one attached hydrogen (secondary N) is 1. The van der Waals surface area contributed by atoms with Crippen molar-refractivity contribution in [2.45, 2.75) is 43.7 Å². The van der Waals surface area contributed by atoms with Crippen molar-refractivity contribution in [1.82, 2.24) is 14.8 Å². The number of rotatable bonds is 8. The zero-order valence-corrected chi connectivity index (χ0v) is 16.8. The van der Waals surface area contributed by atoms with Gasteiger partial charge in [0.15, 0.2) is 5.16 Å². The molecule has 0 radical (unpaired) electrons. The smallest absolute Gasteiger partial charge is 0.221 e. The molecule has 4 rings (SSSR count). The van der Waals surface area contributed by atoms with E-state index >= 15 is 0 Å². The molecule has 0 unspecified atom stereocenters. The Morgan fingerprint density at radius 1 is 1.14 bits per heavy atom. The van der Waals surface area contributed by atoms with E-state index in [1.54, 1.807) is 11.8 Å². The number of amides is 1. The van der Waals surface area contributed by atoms with Crippen LogP contribution in [0.4, 0.5) is 5.69 Å². The first-order valence-electron chi connectivity index (χ1n) is 9.71. The molecule has 1 fully saturated rings. The Bertz CT molecular complexity index is 950. The standard InChI is InChI=1S/C22H24N4OS/c1-16(27)23-19-10-5-11-20(15-19)26-21(18-12-13-18)24-25-22(26)28-14-6-9-17-7-3-2-4-8-17/h2-5,7-8,10-11,15,18H,6,9,12-14H2,1H3,(H,23,27). The third-order valence-electron chi connectivity index (χ3n) is 4.71. The van der Waals surface area contributed by atoms with E-state index < -0.39 is 0 Å². The molecule has 5 nitrogen and oxygen atoms in total. The summed E-state index contributed by atoms with van der Waals surface area (Å²) in [4.78, 5) is 11.4. The van der Waals surface area contributed by atoms with Gasteiger partial charge in [-0.3, -0.25) is 9.36 Å². The van der Waals surface area contributed by atoms with E-state index in [0.29, 0.717) is 5.92 Å². The van der Waals surface area contributed by atoms with Crippen molar-refractivity contribution in [3.63, 3.8) is 0 Å². The van der Waals surface area contributed by atoms with Gasteiger partial charge in [-0.2, -0.15) is 0 Å². The summed E-state index contributed by atoms with van der Waals surface area (Å²) in [6.45, 7) is 1.52. The Balaban J connectivity index is 1.50. The van der Waals surface area contributed by atoms with Crippen LogP contribution in [-0.2, 0) is 11.2 Å². The molecule has 1 aliphatic carbocycles. The van der Waals surface area contributed by atoms with Crippen LogP contribution in [0.1, 0.15) is 43.5 Å². The van der Waals surface area contributed by atoms with Crippen LogP contribution in [0.3, 0.4) is 0 Å². The molecule has 1 heterocycles. The SMILES string of the molecule is CC(=O)Nc1cccc(-n2c(SCCCc3ccccc3)nnc2C2CC2)c1. The normalized spacial score (nSPS) is 13.5. The number of hydrogen-bond donors (Lipinski definition) is 1. The molecule has 1 aromatic heterocycles. The van der Waals surface area contributed by atoms with Crippen LogP contribution in [0.5, 0.6) is 0 Å². The van der Waals surface area contributed by atoms with Gasteiger partial charge in [0.25, 0.3) is 0 Å². The number of aromatic nitrogens is 3. The van der Waals surface area contributed by atoms with Crippen LogP contribution in [-0.4, -0.2) is 26.4 Å². The van der Waals surface area contributed by atoms with Gasteiger partial charge in [-0.15, -0.1) is 10.2 Å². The summed E-state index contributed by atoms with van der Waals surface area (Å²) in [7, 11) is 0. The zero-order valence-electron chi connectivity index (χ0n) is 16.0. The highest BCUT2D eigenvalue weighted by Crippen LogP contribution is 2.41. The summed E-state index contributed by atoms with van der Waals surface area (Å²) in [6, 6.07) is 18.5. The summed E-state index contributed by atoms with van der Waals surface area (Å²) < 4.78 is 2.16. The van der Waals surface area contributed by atoms with E-state index in [1.807, 2.05) is 18.2 Å². The second-order valence-electron chi connectivity index (χ2n) is 7.12. The summed E-state index contributed by atoms with van der Waals surface area (Å²) in [5, 5.41) is 12.8. The lowest BCUT2D eigenvalue weighted by Gasteiger charge is -2.12. The monoisotopic (exact) mass is 392 g/mol. The fraction of sp³-hybridized carbons (Fsp3) is 0.318. The van der Waals surface area contributed by atoms with Gasteiger partial charge >= 0.3 is 0 Å². The summed E-state index contributed by atoms with van der Waals surface area (Å²) >= 11 is 1.75. The second-order valence-corrected chi connectivity index (χ2v) is 8.18. The molecular formula is C22H24N4OS. The minimum Gasteiger partial charge on any atom is -0.326 e.